The predicted octanol–water partition coefficient (Wildman–Crippen LogP) is 4.19. The van der Waals surface area contributed by atoms with Crippen molar-refractivity contribution in [2.24, 2.45) is 5.41 Å². The molecule has 1 aliphatic carbocycles. The van der Waals surface area contributed by atoms with Crippen LogP contribution in [0.2, 0.25) is 5.02 Å². The minimum Gasteiger partial charge on any atom is -0.489 e. The summed E-state index contributed by atoms with van der Waals surface area (Å²) in [5.74, 6) is 0.924. The Morgan fingerprint density at radius 3 is 2.79 bits per heavy atom. The smallest absolute Gasteiger partial charge is 0.120 e. The van der Waals surface area contributed by atoms with Gasteiger partial charge in [0.25, 0.3) is 0 Å². The van der Waals surface area contributed by atoms with Crippen molar-refractivity contribution < 1.29 is 4.74 Å². The monoisotopic (exact) mass is 281 g/mol. The summed E-state index contributed by atoms with van der Waals surface area (Å²) in [7, 11) is 0. The lowest BCUT2D eigenvalue weighted by Crippen LogP contribution is -2.46. The van der Waals surface area contributed by atoms with Crippen molar-refractivity contribution >= 4 is 11.6 Å². The molecule has 0 heterocycles. The van der Waals surface area contributed by atoms with Crippen LogP contribution in [0.25, 0.3) is 0 Å². The van der Waals surface area contributed by atoms with E-state index >= 15 is 0 Å². The fourth-order valence-electron chi connectivity index (χ4n) is 2.96. The highest BCUT2D eigenvalue weighted by Crippen LogP contribution is 2.39. The average molecular weight is 282 g/mol. The van der Waals surface area contributed by atoms with Crippen LogP contribution in [-0.4, -0.2) is 18.7 Å². The Hall–Kier alpha value is -0.730. The Kier molecular flexibility index (Phi) is 4.42. The van der Waals surface area contributed by atoms with Gasteiger partial charge in [0.2, 0.25) is 0 Å². The van der Waals surface area contributed by atoms with Crippen molar-refractivity contribution in [3.05, 3.63) is 28.8 Å². The van der Waals surface area contributed by atoms with Crippen LogP contribution in [0.1, 0.15) is 39.2 Å². The SMILES string of the molecule is CCNC1C(Oc2ccc(Cl)c(C)c2)CCC1(C)C. The van der Waals surface area contributed by atoms with E-state index in [1.54, 1.807) is 0 Å². The Bertz CT molecular complexity index is 444. The van der Waals surface area contributed by atoms with Gasteiger partial charge >= 0.3 is 0 Å². The zero-order valence-electron chi connectivity index (χ0n) is 12.3. The van der Waals surface area contributed by atoms with Crippen molar-refractivity contribution in [2.75, 3.05) is 6.54 Å². The second kappa shape index (κ2) is 5.72. The molecule has 1 aromatic carbocycles. The highest BCUT2D eigenvalue weighted by atomic mass is 35.5. The quantitative estimate of drug-likeness (QED) is 0.893. The molecule has 0 bridgehead atoms. The molecular formula is C16H24ClNO. The lowest BCUT2D eigenvalue weighted by Gasteiger charge is -2.31. The van der Waals surface area contributed by atoms with Gasteiger partial charge in [-0.05, 0) is 55.5 Å². The van der Waals surface area contributed by atoms with Gasteiger partial charge in [0.15, 0.2) is 0 Å². The summed E-state index contributed by atoms with van der Waals surface area (Å²) >= 11 is 6.05. The summed E-state index contributed by atoms with van der Waals surface area (Å²) < 4.78 is 6.19. The molecule has 19 heavy (non-hydrogen) atoms. The zero-order valence-corrected chi connectivity index (χ0v) is 13.1. The predicted molar refractivity (Wildman–Crippen MR) is 81.1 cm³/mol. The third-order valence-electron chi connectivity index (χ3n) is 4.13. The van der Waals surface area contributed by atoms with Crippen LogP contribution in [0.4, 0.5) is 0 Å². The third kappa shape index (κ3) is 3.24. The third-order valence-corrected chi connectivity index (χ3v) is 4.55. The number of aryl methyl sites for hydroxylation is 1. The number of halogens is 1. The molecule has 1 aromatic rings. The molecule has 0 spiro atoms. The number of ether oxygens (including phenoxy) is 1. The molecule has 0 saturated heterocycles. The van der Waals surface area contributed by atoms with E-state index in [1.807, 2.05) is 25.1 Å². The van der Waals surface area contributed by atoms with Crippen molar-refractivity contribution in [2.45, 2.75) is 52.7 Å². The van der Waals surface area contributed by atoms with E-state index in [0.29, 0.717) is 11.5 Å². The molecule has 2 rings (SSSR count). The largest absolute Gasteiger partial charge is 0.489 e. The number of hydrogen-bond donors (Lipinski definition) is 1. The first kappa shape index (κ1) is 14.7. The molecule has 0 aromatic heterocycles. The Morgan fingerprint density at radius 2 is 2.16 bits per heavy atom. The molecule has 2 unspecified atom stereocenters. The number of hydrogen-bond acceptors (Lipinski definition) is 2. The van der Waals surface area contributed by atoms with Crippen LogP contribution in [-0.2, 0) is 0 Å². The van der Waals surface area contributed by atoms with E-state index in [0.717, 1.165) is 29.3 Å². The molecule has 1 N–H and O–H groups in total. The van der Waals surface area contributed by atoms with Gasteiger partial charge in [0.05, 0.1) is 0 Å². The van der Waals surface area contributed by atoms with Crippen LogP contribution in [0.15, 0.2) is 18.2 Å². The molecular weight excluding hydrogens is 258 g/mol. The van der Waals surface area contributed by atoms with Gasteiger partial charge in [0, 0.05) is 11.1 Å². The summed E-state index contributed by atoms with van der Waals surface area (Å²) in [5, 5.41) is 4.37. The summed E-state index contributed by atoms with van der Waals surface area (Å²) in [4.78, 5) is 0. The second-order valence-electron chi connectivity index (χ2n) is 6.13. The molecule has 1 fully saturated rings. The number of likely N-dealkylation sites (N-methyl/N-ethyl adjacent to an activating group) is 1. The van der Waals surface area contributed by atoms with Gasteiger partial charge < -0.3 is 10.1 Å². The Balaban J connectivity index is 2.11. The normalized spacial score (nSPS) is 25.5. The van der Waals surface area contributed by atoms with Crippen LogP contribution < -0.4 is 10.1 Å². The van der Waals surface area contributed by atoms with E-state index in [9.17, 15) is 0 Å². The standard InChI is InChI=1S/C16H24ClNO/c1-5-18-15-14(8-9-16(15,3)4)19-12-6-7-13(17)11(2)10-12/h6-7,10,14-15,18H,5,8-9H2,1-4H3. The van der Waals surface area contributed by atoms with Crippen molar-refractivity contribution in [1.29, 1.82) is 0 Å². The van der Waals surface area contributed by atoms with Gasteiger partial charge in [-0.1, -0.05) is 32.4 Å². The molecule has 3 heteroatoms. The second-order valence-corrected chi connectivity index (χ2v) is 6.54. The van der Waals surface area contributed by atoms with Crippen LogP contribution >= 0.6 is 11.6 Å². The van der Waals surface area contributed by atoms with Crippen molar-refractivity contribution in [1.82, 2.24) is 5.32 Å². The molecule has 2 atom stereocenters. The van der Waals surface area contributed by atoms with Gasteiger partial charge in [-0.3, -0.25) is 0 Å². The van der Waals surface area contributed by atoms with Crippen LogP contribution in [0, 0.1) is 12.3 Å². The van der Waals surface area contributed by atoms with Gasteiger partial charge in [-0.25, -0.2) is 0 Å². The molecule has 106 valence electrons. The van der Waals surface area contributed by atoms with Crippen molar-refractivity contribution in [3.8, 4) is 5.75 Å². The lowest BCUT2D eigenvalue weighted by molar-refractivity contribution is 0.141. The molecule has 2 nitrogen and oxygen atoms in total. The number of rotatable bonds is 4. The van der Waals surface area contributed by atoms with Gasteiger partial charge in [-0.15, -0.1) is 0 Å². The van der Waals surface area contributed by atoms with E-state index in [1.165, 1.54) is 6.42 Å². The summed E-state index contributed by atoms with van der Waals surface area (Å²) in [6, 6.07) is 6.31. The fourth-order valence-corrected chi connectivity index (χ4v) is 3.08. The maximum atomic E-state index is 6.19. The maximum Gasteiger partial charge on any atom is 0.120 e. The first-order valence-corrected chi connectivity index (χ1v) is 7.48. The minimum atomic E-state index is 0.246. The summed E-state index contributed by atoms with van der Waals surface area (Å²) in [6.07, 6.45) is 2.55. The Labute approximate surface area is 121 Å². The van der Waals surface area contributed by atoms with Gasteiger partial charge in [-0.2, -0.15) is 0 Å². The molecule has 1 aliphatic rings. The first-order valence-electron chi connectivity index (χ1n) is 7.10. The molecule has 0 aliphatic heterocycles. The Morgan fingerprint density at radius 1 is 1.42 bits per heavy atom. The van der Waals surface area contributed by atoms with Crippen molar-refractivity contribution in [3.63, 3.8) is 0 Å². The van der Waals surface area contributed by atoms with Crippen LogP contribution in [0.3, 0.4) is 0 Å². The van der Waals surface area contributed by atoms with E-state index < -0.39 is 0 Å². The first-order chi connectivity index (χ1) is 8.94. The topological polar surface area (TPSA) is 21.3 Å². The minimum absolute atomic E-state index is 0.246. The molecule has 1 saturated carbocycles. The maximum absolute atomic E-state index is 6.19. The number of benzene rings is 1. The van der Waals surface area contributed by atoms with E-state index in [-0.39, 0.29) is 6.10 Å². The highest BCUT2D eigenvalue weighted by molar-refractivity contribution is 6.31. The van der Waals surface area contributed by atoms with E-state index in [2.05, 4.69) is 26.1 Å². The molecule has 0 radical (unpaired) electrons. The average Bonchev–Trinajstić information content (AvgIpc) is 2.62. The van der Waals surface area contributed by atoms with E-state index in [4.69, 9.17) is 16.3 Å². The summed E-state index contributed by atoms with van der Waals surface area (Å²) in [6.45, 7) is 9.77. The lowest BCUT2D eigenvalue weighted by atomic mass is 9.87. The summed E-state index contributed by atoms with van der Waals surface area (Å²) in [5.41, 5.74) is 1.36. The zero-order chi connectivity index (χ0) is 14.0. The van der Waals surface area contributed by atoms with Gasteiger partial charge in [0.1, 0.15) is 11.9 Å². The molecule has 0 amide bonds. The number of nitrogens with one attached hydrogen (secondary N) is 1. The van der Waals surface area contributed by atoms with Crippen LogP contribution in [0.5, 0.6) is 5.75 Å². The highest BCUT2D eigenvalue weighted by Gasteiger charge is 2.42. The fraction of sp³-hybridized carbons (Fsp3) is 0.625.